The summed E-state index contributed by atoms with van der Waals surface area (Å²) in [6.45, 7) is 1.82. The van der Waals surface area contributed by atoms with Crippen LogP contribution in [0.2, 0.25) is 15.1 Å². The van der Waals surface area contributed by atoms with Gasteiger partial charge in [0.15, 0.2) is 5.69 Å². The number of anilines is 1. The Hall–Kier alpha value is -3.36. The fourth-order valence-electron chi connectivity index (χ4n) is 3.65. The second kappa shape index (κ2) is 11.1. The van der Waals surface area contributed by atoms with Gasteiger partial charge in [0, 0.05) is 39.0 Å². The van der Waals surface area contributed by atoms with E-state index in [1.165, 1.54) is 0 Å². The van der Waals surface area contributed by atoms with Gasteiger partial charge in [0.25, 0.3) is 11.8 Å². The first-order chi connectivity index (χ1) is 17.3. The molecule has 4 rings (SSSR count). The molecule has 10 heteroatoms. The number of carbonyl (C=O) groups excluding carboxylic acids is 2. The lowest BCUT2D eigenvalue weighted by Crippen LogP contribution is -2.26. The van der Waals surface area contributed by atoms with Crippen molar-refractivity contribution in [2.75, 3.05) is 18.5 Å². The lowest BCUT2D eigenvalue weighted by atomic mass is 10.1. The highest BCUT2D eigenvalue weighted by Gasteiger charge is 2.23. The van der Waals surface area contributed by atoms with Crippen LogP contribution in [0.5, 0.6) is 0 Å². The molecule has 0 saturated carbocycles. The highest BCUT2D eigenvalue weighted by Crippen LogP contribution is 2.33. The molecular weight excluding hydrogens is 523 g/mol. The summed E-state index contributed by atoms with van der Waals surface area (Å²) >= 11 is 18.6. The molecule has 2 amide bonds. The van der Waals surface area contributed by atoms with Crippen LogP contribution >= 0.6 is 34.8 Å². The highest BCUT2D eigenvalue weighted by atomic mass is 35.5. The zero-order valence-corrected chi connectivity index (χ0v) is 21.3. The molecule has 184 valence electrons. The van der Waals surface area contributed by atoms with Gasteiger partial charge in [0.05, 0.1) is 23.0 Å². The largest absolute Gasteiger partial charge is 0.395 e. The van der Waals surface area contributed by atoms with Crippen molar-refractivity contribution in [3.8, 4) is 16.9 Å². The highest BCUT2D eigenvalue weighted by molar-refractivity contribution is 6.35. The third-order valence-electron chi connectivity index (χ3n) is 5.40. The third-order valence-corrected chi connectivity index (χ3v) is 6.18. The minimum Gasteiger partial charge on any atom is -0.395 e. The van der Waals surface area contributed by atoms with Crippen molar-refractivity contribution in [2.45, 2.75) is 6.92 Å². The average Bonchev–Trinajstić information content (AvgIpc) is 3.20. The number of carbonyl (C=O) groups is 2. The van der Waals surface area contributed by atoms with Crippen molar-refractivity contribution in [3.63, 3.8) is 0 Å². The van der Waals surface area contributed by atoms with E-state index in [-0.39, 0.29) is 24.8 Å². The van der Waals surface area contributed by atoms with E-state index in [1.807, 2.05) is 12.1 Å². The van der Waals surface area contributed by atoms with Crippen LogP contribution in [0.3, 0.4) is 0 Å². The van der Waals surface area contributed by atoms with Crippen LogP contribution in [0.1, 0.15) is 26.4 Å². The van der Waals surface area contributed by atoms with Gasteiger partial charge in [0.1, 0.15) is 0 Å². The van der Waals surface area contributed by atoms with Crippen LogP contribution in [-0.4, -0.2) is 39.9 Å². The summed E-state index contributed by atoms with van der Waals surface area (Å²) in [5.41, 5.74) is 3.78. The first-order valence-electron chi connectivity index (χ1n) is 10.9. The van der Waals surface area contributed by atoms with Gasteiger partial charge in [-0.2, -0.15) is 5.10 Å². The normalized spacial score (nSPS) is 10.8. The predicted octanol–water partition coefficient (Wildman–Crippen LogP) is 5.78. The van der Waals surface area contributed by atoms with Crippen molar-refractivity contribution in [3.05, 3.63) is 98.6 Å². The zero-order chi connectivity index (χ0) is 25.8. The molecule has 4 aromatic rings. The zero-order valence-electron chi connectivity index (χ0n) is 19.1. The standard InChI is InChI=1S/C26H21Cl3N4O3/c1-15-23(26(36)31-20-9-4-17(5-10-20)25(35)30-12-13-34)32-33(22-11-8-19(28)14-21(22)29)24(15)16-2-6-18(27)7-3-16/h2-11,14,34H,12-13H2,1H3,(H,30,35)(H,31,36). The second-order valence-corrected chi connectivity index (χ2v) is 9.13. The van der Waals surface area contributed by atoms with Crippen molar-refractivity contribution in [1.82, 2.24) is 15.1 Å². The van der Waals surface area contributed by atoms with Crippen LogP contribution in [-0.2, 0) is 0 Å². The number of nitrogens with one attached hydrogen (secondary N) is 2. The smallest absolute Gasteiger partial charge is 0.276 e. The number of amides is 2. The third kappa shape index (κ3) is 5.55. The first kappa shape index (κ1) is 25.7. The fraction of sp³-hybridized carbons (Fsp3) is 0.115. The monoisotopic (exact) mass is 542 g/mol. The quantitative estimate of drug-likeness (QED) is 0.275. The van der Waals surface area contributed by atoms with Gasteiger partial charge in [-0.15, -0.1) is 0 Å². The molecule has 7 nitrogen and oxygen atoms in total. The topological polar surface area (TPSA) is 96.2 Å². The Labute approximate surface area is 222 Å². The summed E-state index contributed by atoms with van der Waals surface area (Å²) in [5.74, 6) is -0.743. The number of hydrogen-bond acceptors (Lipinski definition) is 4. The van der Waals surface area contributed by atoms with Gasteiger partial charge in [0.2, 0.25) is 0 Å². The van der Waals surface area contributed by atoms with E-state index in [1.54, 1.807) is 66.2 Å². The Morgan fingerprint density at radius 1 is 0.917 bits per heavy atom. The van der Waals surface area contributed by atoms with E-state index < -0.39 is 5.91 Å². The van der Waals surface area contributed by atoms with Crippen molar-refractivity contribution >= 4 is 52.3 Å². The van der Waals surface area contributed by atoms with Crippen LogP contribution < -0.4 is 10.6 Å². The lowest BCUT2D eigenvalue weighted by Gasteiger charge is -2.11. The number of rotatable bonds is 7. The van der Waals surface area contributed by atoms with E-state index in [0.29, 0.717) is 43.3 Å². The fourth-order valence-corrected chi connectivity index (χ4v) is 4.27. The maximum Gasteiger partial charge on any atom is 0.276 e. The number of hydrogen-bond donors (Lipinski definition) is 3. The minimum atomic E-state index is -0.427. The van der Waals surface area contributed by atoms with Gasteiger partial charge in [-0.25, -0.2) is 4.68 Å². The molecule has 0 bridgehead atoms. The Kier molecular flexibility index (Phi) is 7.96. The van der Waals surface area contributed by atoms with Gasteiger partial charge in [-0.05, 0) is 61.5 Å². The van der Waals surface area contributed by atoms with Gasteiger partial charge >= 0.3 is 0 Å². The first-order valence-corrected chi connectivity index (χ1v) is 12.0. The van der Waals surface area contributed by atoms with Crippen LogP contribution in [0, 0.1) is 6.92 Å². The van der Waals surface area contributed by atoms with Gasteiger partial charge < -0.3 is 15.7 Å². The lowest BCUT2D eigenvalue weighted by molar-refractivity contribution is 0.0944. The number of nitrogens with zero attached hydrogens (tertiary/aromatic N) is 2. The summed E-state index contributed by atoms with van der Waals surface area (Å²) in [6.07, 6.45) is 0. The molecule has 3 aromatic carbocycles. The van der Waals surface area contributed by atoms with Crippen molar-refractivity contribution in [1.29, 1.82) is 0 Å². The molecule has 0 unspecified atom stereocenters. The molecule has 0 atom stereocenters. The predicted molar refractivity (Wildman–Crippen MR) is 143 cm³/mol. The molecule has 3 N–H and O–H groups in total. The average molecular weight is 544 g/mol. The number of aliphatic hydroxyl groups is 1. The Morgan fingerprint density at radius 2 is 1.58 bits per heavy atom. The molecule has 0 aliphatic rings. The van der Waals surface area contributed by atoms with Gasteiger partial charge in [-0.3, -0.25) is 9.59 Å². The summed E-state index contributed by atoms with van der Waals surface area (Å²) in [7, 11) is 0. The summed E-state index contributed by atoms with van der Waals surface area (Å²) < 4.78 is 1.61. The van der Waals surface area contributed by atoms with E-state index in [0.717, 1.165) is 5.56 Å². The van der Waals surface area contributed by atoms with Crippen LogP contribution in [0.4, 0.5) is 5.69 Å². The Balaban J connectivity index is 1.69. The molecule has 0 radical (unpaired) electrons. The molecule has 1 aromatic heterocycles. The molecule has 0 aliphatic carbocycles. The van der Waals surface area contributed by atoms with E-state index >= 15 is 0 Å². The van der Waals surface area contributed by atoms with E-state index in [2.05, 4.69) is 15.7 Å². The molecule has 0 saturated heterocycles. The molecule has 0 spiro atoms. The number of benzene rings is 3. The Bertz CT molecular complexity index is 1420. The number of halogens is 3. The van der Waals surface area contributed by atoms with Crippen molar-refractivity contribution in [2.24, 2.45) is 0 Å². The molecule has 36 heavy (non-hydrogen) atoms. The SMILES string of the molecule is Cc1c(C(=O)Nc2ccc(C(=O)NCCO)cc2)nn(-c2ccc(Cl)cc2Cl)c1-c1ccc(Cl)cc1. The number of aliphatic hydroxyl groups excluding tert-OH is 1. The number of aromatic nitrogens is 2. The molecule has 1 heterocycles. The maximum atomic E-state index is 13.2. The van der Waals surface area contributed by atoms with E-state index in [4.69, 9.17) is 39.9 Å². The Morgan fingerprint density at radius 3 is 2.22 bits per heavy atom. The molecular formula is C26H21Cl3N4O3. The van der Waals surface area contributed by atoms with E-state index in [9.17, 15) is 9.59 Å². The van der Waals surface area contributed by atoms with Crippen LogP contribution in [0.25, 0.3) is 16.9 Å². The molecule has 0 aliphatic heterocycles. The minimum absolute atomic E-state index is 0.148. The second-order valence-electron chi connectivity index (χ2n) is 7.85. The van der Waals surface area contributed by atoms with Crippen molar-refractivity contribution < 1.29 is 14.7 Å². The maximum absolute atomic E-state index is 13.2. The molecule has 0 fully saturated rings. The summed E-state index contributed by atoms with van der Waals surface area (Å²) in [6, 6.07) is 18.7. The van der Waals surface area contributed by atoms with Gasteiger partial charge in [-0.1, -0.05) is 46.9 Å². The summed E-state index contributed by atoms with van der Waals surface area (Å²) in [5, 5.41) is 20.3. The van der Waals surface area contributed by atoms with Crippen LogP contribution in [0.15, 0.2) is 66.7 Å². The summed E-state index contributed by atoms with van der Waals surface area (Å²) in [4.78, 5) is 25.3.